The van der Waals surface area contributed by atoms with E-state index in [1.54, 1.807) is 0 Å². The summed E-state index contributed by atoms with van der Waals surface area (Å²) in [6.45, 7) is 11.8. The molecule has 0 aliphatic heterocycles. The van der Waals surface area contributed by atoms with E-state index in [4.69, 9.17) is 4.74 Å². The van der Waals surface area contributed by atoms with Gasteiger partial charge in [0.2, 0.25) is 0 Å². The third kappa shape index (κ3) is 23.9. The number of alkyl carbamates (subject to hydrolysis) is 1. The Morgan fingerprint density at radius 2 is 1.09 bits per heavy atom. The third-order valence-electron chi connectivity index (χ3n) is 6.02. The highest BCUT2D eigenvalue weighted by molar-refractivity contribution is 5.68. The second-order valence-electron chi connectivity index (χ2n) is 10.6. The first-order valence-electron chi connectivity index (χ1n) is 14.1. The molecular formula is C28H58N2O2. The second kappa shape index (κ2) is 22.0. The molecule has 0 fully saturated rings. The minimum absolute atomic E-state index is 0.154. The zero-order valence-corrected chi connectivity index (χ0v) is 22.5. The Morgan fingerprint density at radius 3 is 1.47 bits per heavy atom. The van der Waals surface area contributed by atoms with Crippen molar-refractivity contribution in [2.75, 3.05) is 13.1 Å². The molecule has 0 radical (unpaired) electrons. The molecule has 1 amide bonds. The first kappa shape index (κ1) is 31.2. The summed E-state index contributed by atoms with van der Waals surface area (Å²) in [5, 5.41) is 6.39. The van der Waals surface area contributed by atoms with Gasteiger partial charge in [0, 0.05) is 12.6 Å². The summed E-state index contributed by atoms with van der Waals surface area (Å²) in [5.74, 6) is 0. The van der Waals surface area contributed by atoms with Crippen LogP contribution in [0.4, 0.5) is 4.79 Å². The van der Waals surface area contributed by atoms with Crippen LogP contribution in [0.3, 0.4) is 0 Å². The molecule has 192 valence electrons. The van der Waals surface area contributed by atoms with Crippen molar-refractivity contribution in [3.8, 4) is 0 Å². The molecule has 0 spiro atoms. The molecule has 1 atom stereocenters. The predicted octanol–water partition coefficient (Wildman–Crippen LogP) is 8.53. The Labute approximate surface area is 201 Å². The lowest BCUT2D eigenvalue weighted by molar-refractivity contribution is 0.0501. The molecule has 0 aliphatic rings. The smallest absolute Gasteiger partial charge is 0.407 e. The number of amides is 1. The van der Waals surface area contributed by atoms with Crippen molar-refractivity contribution in [3.05, 3.63) is 0 Å². The van der Waals surface area contributed by atoms with Gasteiger partial charge in [-0.15, -0.1) is 0 Å². The largest absolute Gasteiger partial charge is 0.444 e. The highest BCUT2D eigenvalue weighted by atomic mass is 16.6. The summed E-state index contributed by atoms with van der Waals surface area (Å²) >= 11 is 0. The van der Waals surface area contributed by atoms with E-state index >= 15 is 0 Å². The monoisotopic (exact) mass is 454 g/mol. The van der Waals surface area contributed by atoms with Crippen LogP contribution in [-0.4, -0.2) is 30.8 Å². The van der Waals surface area contributed by atoms with Gasteiger partial charge in [0.05, 0.1) is 0 Å². The molecule has 32 heavy (non-hydrogen) atoms. The summed E-state index contributed by atoms with van der Waals surface area (Å²) in [6, 6.07) is 0.154. The molecule has 0 aromatic heterocycles. The van der Waals surface area contributed by atoms with Gasteiger partial charge in [-0.05, 0) is 33.7 Å². The zero-order chi connectivity index (χ0) is 23.9. The number of rotatable bonds is 22. The minimum atomic E-state index is -0.444. The Bertz CT molecular complexity index is 407. The van der Waals surface area contributed by atoms with Crippen LogP contribution in [0, 0.1) is 0 Å². The van der Waals surface area contributed by atoms with Gasteiger partial charge in [0.15, 0.2) is 0 Å². The van der Waals surface area contributed by atoms with Crippen LogP contribution in [0.15, 0.2) is 0 Å². The average molecular weight is 455 g/mol. The molecule has 0 aromatic carbocycles. The molecule has 1 unspecified atom stereocenters. The topological polar surface area (TPSA) is 50.4 Å². The van der Waals surface area contributed by atoms with Crippen LogP contribution in [0.1, 0.15) is 150 Å². The van der Waals surface area contributed by atoms with E-state index in [2.05, 4.69) is 24.5 Å². The Morgan fingerprint density at radius 1 is 0.688 bits per heavy atom. The maximum atomic E-state index is 12.1. The molecular weight excluding hydrogens is 396 g/mol. The molecule has 2 N–H and O–H groups in total. The number of ether oxygens (including phenoxy) is 1. The van der Waals surface area contributed by atoms with Gasteiger partial charge in [-0.3, -0.25) is 0 Å². The van der Waals surface area contributed by atoms with Crippen LogP contribution in [-0.2, 0) is 4.74 Å². The van der Waals surface area contributed by atoms with Crippen LogP contribution >= 0.6 is 0 Å². The molecule has 0 rings (SSSR count). The lowest BCUT2D eigenvalue weighted by Gasteiger charge is -2.24. The number of carbonyl (C=O) groups excluding carboxylic acids is 1. The van der Waals surface area contributed by atoms with E-state index < -0.39 is 5.60 Å². The number of hydrogen-bond donors (Lipinski definition) is 2. The van der Waals surface area contributed by atoms with Crippen molar-refractivity contribution in [1.29, 1.82) is 0 Å². The lowest BCUT2D eigenvalue weighted by atomic mass is 10.0. The van der Waals surface area contributed by atoms with Crippen molar-refractivity contribution >= 4 is 6.09 Å². The standard InChI is InChI=1S/C28H58N2O2/c1-6-8-9-10-11-12-13-14-15-16-17-18-19-20-21-22-23-24-26(25-29-7-2)30-27(31)32-28(3,4)5/h26,29H,6-25H2,1-5H3,(H,30,31). The van der Waals surface area contributed by atoms with Gasteiger partial charge in [-0.25, -0.2) is 4.79 Å². The molecule has 0 aliphatic carbocycles. The number of hydrogen-bond acceptors (Lipinski definition) is 3. The molecule has 0 bridgehead atoms. The molecule has 4 nitrogen and oxygen atoms in total. The van der Waals surface area contributed by atoms with E-state index in [-0.39, 0.29) is 12.1 Å². The fourth-order valence-corrected chi connectivity index (χ4v) is 4.13. The first-order chi connectivity index (χ1) is 15.4. The SMILES string of the molecule is CCCCCCCCCCCCCCCCCCCC(CNCC)NC(=O)OC(C)(C)C. The van der Waals surface area contributed by atoms with Gasteiger partial charge in [-0.1, -0.05) is 123 Å². The summed E-state index contributed by atoms with van der Waals surface area (Å²) in [7, 11) is 0. The Kier molecular flexibility index (Phi) is 21.5. The van der Waals surface area contributed by atoms with Gasteiger partial charge < -0.3 is 15.4 Å². The molecule has 0 saturated heterocycles. The van der Waals surface area contributed by atoms with Crippen molar-refractivity contribution in [3.63, 3.8) is 0 Å². The normalized spacial score (nSPS) is 12.7. The molecule has 0 aromatic rings. The maximum absolute atomic E-state index is 12.1. The van der Waals surface area contributed by atoms with Gasteiger partial charge in [-0.2, -0.15) is 0 Å². The van der Waals surface area contributed by atoms with Crippen LogP contribution < -0.4 is 10.6 Å². The Hall–Kier alpha value is -0.770. The van der Waals surface area contributed by atoms with Crippen LogP contribution in [0.25, 0.3) is 0 Å². The van der Waals surface area contributed by atoms with E-state index in [1.165, 1.54) is 109 Å². The van der Waals surface area contributed by atoms with E-state index in [1.807, 2.05) is 20.8 Å². The van der Waals surface area contributed by atoms with Crippen molar-refractivity contribution in [2.24, 2.45) is 0 Å². The number of unbranched alkanes of at least 4 members (excludes halogenated alkanes) is 16. The quantitative estimate of drug-likeness (QED) is 0.161. The fraction of sp³-hybridized carbons (Fsp3) is 0.964. The van der Waals surface area contributed by atoms with Gasteiger partial charge >= 0.3 is 6.09 Å². The molecule has 0 saturated carbocycles. The summed E-state index contributed by atoms with van der Waals surface area (Å²) < 4.78 is 5.41. The Balaban J connectivity index is 3.54. The van der Waals surface area contributed by atoms with Crippen molar-refractivity contribution < 1.29 is 9.53 Å². The fourth-order valence-electron chi connectivity index (χ4n) is 4.13. The molecule has 4 heteroatoms. The summed E-state index contributed by atoms with van der Waals surface area (Å²) in [4.78, 5) is 12.1. The zero-order valence-electron chi connectivity index (χ0n) is 22.5. The average Bonchev–Trinajstić information content (AvgIpc) is 2.72. The maximum Gasteiger partial charge on any atom is 0.407 e. The van der Waals surface area contributed by atoms with E-state index in [0.717, 1.165) is 19.5 Å². The molecule has 0 heterocycles. The van der Waals surface area contributed by atoms with Crippen LogP contribution in [0.5, 0.6) is 0 Å². The lowest BCUT2D eigenvalue weighted by Crippen LogP contribution is -2.44. The number of likely N-dealkylation sites (N-methyl/N-ethyl adjacent to an activating group) is 1. The first-order valence-corrected chi connectivity index (χ1v) is 14.1. The highest BCUT2D eigenvalue weighted by Crippen LogP contribution is 2.15. The summed E-state index contributed by atoms with van der Waals surface area (Å²) in [5.41, 5.74) is -0.444. The summed E-state index contributed by atoms with van der Waals surface area (Å²) in [6.07, 6.45) is 24.3. The highest BCUT2D eigenvalue weighted by Gasteiger charge is 2.19. The van der Waals surface area contributed by atoms with Crippen LogP contribution in [0.2, 0.25) is 0 Å². The minimum Gasteiger partial charge on any atom is -0.444 e. The van der Waals surface area contributed by atoms with Gasteiger partial charge in [0.1, 0.15) is 5.60 Å². The predicted molar refractivity (Wildman–Crippen MR) is 140 cm³/mol. The van der Waals surface area contributed by atoms with Gasteiger partial charge in [0.25, 0.3) is 0 Å². The number of carbonyl (C=O) groups is 1. The van der Waals surface area contributed by atoms with E-state index in [9.17, 15) is 4.79 Å². The van der Waals surface area contributed by atoms with Crippen molar-refractivity contribution in [2.45, 2.75) is 162 Å². The second-order valence-corrected chi connectivity index (χ2v) is 10.6. The van der Waals surface area contributed by atoms with E-state index in [0.29, 0.717) is 0 Å². The van der Waals surface area contributed by atoms with Crippen molar-refractivity contribution in [1.82, 2.24) is 10.6 Å². The number of nitrogens with one attached hydrogen (secondary N) is 2. The third-order valence-corrected chi connectivity index (χ3v) is 6.02.